The summed E-state index contributed by atoms with van der Waals surface area (Å²) in [6, 6.07) is 0. The SMILES string of the molecule is C=C/C=C\C(=NC(=C)N)C(C)(CCCC)CCCCCCC. The number of hydrogen-bond donors (Lipinski definition) is 1. The van der Waals surface area contributed by atoms with Gasteiger partial charge in [0.1, 0.15) is 5.82 Å². The number of nitrogens with zero attached hydrogens (tertiary/aromatic N) is 1. The fourth-order valence-corrected chi connectivity index (χ4v) is 2.75. The highest BCUT2D eigenvalue weighted by molar-refractivity contribution is 6.00. The summed E-state index contributed by atoms with van der Waals surface area (Å²) in [6.07, 6.45) is 17.0. The summed E-state index contributed by atoms with van der Waals surface area (Å²) in [5, 5.41) is 0. The first-order valence-corrected chi connectivity index (χ1v) is 8.82. The maximum Gasteiger partial charge on any atom is 0.116 e. The molecule has 0 spiro atoms. The molecule has 0 aliphatic rings. The average molecular weight is 305 g/mol. The van der Waals surface area contributed by atoms with E-state index in [1.165, 1.54) is 44.9 Å². The summed E-state index contributed by atoms with van der Waals surface area (Å²) in [7, 11) is 0. The van der Waals surface area contributed by atoms with Crippen LogP contribution in [0.2, 0.25) is 0 Å². The van der Waals surface area contributed by atoms with Crippen LogP contribution in [0.4, 0.5) is 0 Å². The molecule has 0 aliphatic carbocycles. The monoisotopic (exact) mass is 304 g/mol. The van der Waals surface area contributed by atoms with Gasteiger partial charge in [0.15, 0.2) is 0 Å². The van der Waals surface area contributed by atoms with E-state index < -0.39 is 0 Å². The van der Waals surface area contributed by atoms with Gasteiger partial charge in [-0.2, -0.15) is 0 Å². The van der Waals surface area contributed by atoms with Gasteiger partial charge in [-0.3, -0.25) is 0 Å². The van der Waals surface area contributed by atoms with Crippen LogP contribution in [0.3, 0.4) is 0 Å². The lowest BCUT2D eigenvalue weighted by molar-refractivity contribution is 0.363. The van der Waals surface area contributed by atoms with Crippen molar-refractivity contribution in [2.75, 3.05) is 0 Å². The first-order chi connectivity index (χ1) is 10.5. The van der Waals surface area contributed by atoms with Crippen LogP contribution in [0.25, 0.3) is 0 Å². The number of allylic oxidation sites excluding steroid dienone is 3. The van der Waals surface area contributed by atoms with E-state index in [-0.39, 0.29) is 5.41 Å². The Bertz CT molecular complexity index is 379. The van der Waals surface area contributed by atoms with E-state index >= 15 is 0 Å². The molecule has 0 saturated carbocycles. The lowest BCUT2D eigenvalue weighted by atomic mass is 9.75. The molecule has 2 N–H and O–H groups in total. The quantitative estimate of drug-likeness (QED) is 0.247. The Labute approximate surface area is 138 Å². The van der Waals surface area contributed by atoms with E-state index in [9.17, 15) is 0 Å². The standard InChI is InChI=1S/C20H36N2/c1-6-9-12-13-14-17-20(5,16-11-8-3)19(15-10-7-2)22-18(4)21/h7,10,15H,2,4,6,8-9,11-14,16-17,21H2,1,3,5H3/b15-10-,22-19?. The molecule has 0 radical (unpaired) electrons. The van der Waals surface area contributed by atoms with E-state index in [1.54, 1.807) is 6.08 Å². The average Bonchev–Trinajstić information content (AvgIpc) is 2.48. The Hall–Kier alpha value is -1.31. The molecule has 0 amide bonds. The fraction of sp³-hybridized carbons (Fsp3) is 0.650. The second-order valence-electron chi connectivity index (χ2n) is 6.41. The summed E-state index contributed by atoms with van der Waals surface area (Å²) in [6.45, 7) is 14.3. The predicted molar refractivity (Wildman–Crippen MR) is 101 cm³/mol. The molecule has 0 aromatic heterocycles. The molecule has 0 aromatic carbocycles. The molecule has 0 aliphatic heterocycles. The third kappa shape index (κ3) is 8.86. The van der Waals surface area contributed by atoms with Crippen LogP contribution in [0.1, 0.15) is 78.6 Å². The molecular weight excluding hydrogens is 268 g/mol. The van der Waals surface area contributed by atoms with Crippen molar-refractivity contribution in [1.82, 2.24) is 0 Å². The lowest BCUT2D eigenvalue weighted by Crippen LogP contribution is -2.27. The zero-order valence-corrected chi connectivity index (χ0v) is 15.0. The van der Waals surface area contributed by atoms with Crippen LogP contribution in [0.15, 0.2) is 42.2 Å². The Morgan fingerprint density at radius 2 is 1.64 bits per heavy atom. The zero-order valence-electron chi connectivity index (χ0n) is 15.0. The van der Waals surface area contributed by atoms with Gasteiger partial charge in [-0.05, 0) is 18.9 Å². The fourth-order valence-electron chi connectivity index (χ4n) is 2.75. The molecule has 0 fully saturated rings. The number of unbranched alkanes of at least 4 members (excludes halogenated alkanes) is 5. The second-order valence-corrected chi connectivity index (χ2v) is 6.41. The minimum atomic E-state index is 0.0735. The molecule has 1 atom stereocenters. The van der Waals surface area contributed by atoms with Gasteiger partial charge in [0, 0.05) is 11.1 Å². The topological polar surface area (TPSA) is 38.4 Å². The van der Waals surface area contributed by atoms with Gasteiger partial charge in [-0.15, -0.1) is 0 Å². The van der Waals surface area contributed by atoms with Gasteiger partial charge in [0.25, 0.3) is 0 Å². The van der Waals surface area contributed by atoms with Crippen LogP contribution < -0.4 is 5.73 Å². The minimum Gasteiger partial charge on any atom is -0.384 e. The van der Waals surface area contributed by atoms with E-state index in [0.29, 0.717) is 5.82 Å². The maximum absolute atomic E-state index is 5.74. The van der Waals surface area contributed by atoms with Gasteiger partial charge >= 0.3 is 0 Å². The second kappa shape index (κ2) is 12.3. The number of rotatable bonds is 13. The van der Waals surface area contributed by atoms with Gasteiger partial charge < -0.3 is 5.73 Å². The molecule has 126 valence electrons. The zero-order chi connectivity index (χ0) is 16.8. The van der Waals surface area contributed by atoms with Crippen molar-refractivity contribution in [1.29, 1.82) is 0 Å². The molecule has 1 unspecified atom stereocenters. The van der Waals surface area contributed by atoms with Crippen molar-refractivity contribution in [2.45, 2.75) is 78.6 Å². The molecule has 2 nitrogen and oxygen atoms in total. The summed E-state index contributed by atoms with van der Waals surface area (Å²) < 4.78 is 0. The maximum atomic E-state index is 5.74. The van der Waals surface area contributed by atoms with Crippen molar-refractivity contribution in [3.05, 3.63) is 37.2 Å². The van der Waals surface area contributed by atoms with Crippen LogP contribution in [0.5, 0.6) is 0 Å². The van der Waals surface area contributed by atoms with Gasteiger partial charge in [-0.1, -0.05) is 91.0 Å². The van der Waals surface area contributed by atoms with E-state index in [0.717, 1.165) is 18.6 Å². The van der Waals surface area contributed by atoms with Crippen LogP contribution in [-0.2, 0) is 0 Å². The van der Waals surface area contributed by atoms with Crippen molar-refractivity contribution in [2.24, 2.45) is 16.1 Å². The highest BCUT2D eigenvalue weighted by Crippen LogP contribution is 2.34. The molecule has 0 bridgehead atoms. The molecule has 0 heterocycles. The highest BCUT2D eigenvalue weighted by Gasteiger charge is 2.28. The van der Waals surface area contributed by atoms with E-state index in [2.05, 4.69) is 38.9 Å². The Kier molecular flexibility index (Phi) is 11.5. The third-order valence-electron chi connectivity index (χ3n) is 4.19. The normalized spacial score (nSPS) is 15.0. The molecule has 22 heavy (non-hydrogen) atoms. The smallest absolute Gasteiger partial charge is 0.116 e. The van der Waals surface area contributed by atoms with Gasteiger partial charge in [-0.25, -0.2) is 4.99 Å². The van der Waals surface area contributed by atoms with Gasteiger partial charge in [0.2, 0.25) is 0 Å². The predicted octanol–water partition coefficient (Wildman–Crippen LogP) is 6.16. The number of hydrogen-bond acceptors (Lipinski definition) is 2. The molecule has 0 rings (SSSR count). The molecule has 2 heteroatoms. The summed E-state index contributed by atoms with van der Waals surface area (Å²) in [4.78, 5) is 4.52. The molecule has 0 saturated heterocycles. The largest absolute Gasteiger partial charge is 0.384 e. The third-order valence-corrected chi connectivity index (χ3v) is 4.19. The number of aliphatic imine (C=N–C) groups is 1. The minimum absolute atomic E-state index is 0.0735. The summed E-state index contributed by atoms with van der Waals surface area (Å²) >= 11 is 0. The Morgan fingerprint density at radius 3 is 2.18 bits per heavy atom. The molecule has 0 aromatic rings. The lowest BCUT2D eigenvalue weighted by Gasteiger charge is -2.30. The summed E-state index contributed by atoms with van der Waals surface area (Å²) in [5.41, 5.74) is 6.86. The number of nitrogens with two attached hydrogens (primary N) is 1. The Balaban J connectivity index is 5.02. The summed E-state index contributed by atoms with van der Waals surface area (Å²) in [5.74, 6) is 0.386. The van der Waals surface area contributed by atoms with Crippen molar-refractivity contribution < 1.29 is 0 Å². The Morgan fingerprint density at radius 1 is 1.05 bits per heavy atom. The van der Waals surface area contributed by atoms with Crippen LogP contribution in [-0.4, -0.2) is 5.71 Å². The molecular formula is C20H36N2. The van der Waals surface area contributed by atoms with E-state index in [1.807, 2.05) is 12.2 Å². The first-order valence-electron chi connectivity index (χ1n) is 8.82. The van der Waals surface area contributed by atoms with Crippen molar-refractivity contribution in [3.8, 4) is 0 Å². The van der Waals surface area contributed by atoms with Crippen LogP contribution in [0, 0.1) is 5.41 Å². The van der Waals surface area contributed by atoms with E-state index in [4.69, 9.17) is 5.73 Å². The van der Waals surface area contributed by atoms with Gasteiger partial charge in [0.05, 0.1) is 0 Å². The van der Waals surface area contributed by atoms with Crippen molar-refractivity contribution >= 4 is 5.71 Å². The van der Waals surface area contributed by atoms with Crippen molar-refractivity contribution in [3.63, 3.8) is 0 Å². The van der Waals surface area contributed by atoms with Crippen LogP contribution >= 0.6 is 0 Å². The first kappa shape index (κ1) is 20.7. The highest BCUT2D eigenvalue weighted by atomic mass is 14.9.